The number of aromatic amines is 1. The quantitative estimate of drug-likeness (QED) is 0.492. The normalized spacial score (nSPS) is 18.3. The largest absolute Gasteiger partial charge is 0.342 e. The number of amides is 2. The van der Waals surface area contributed by atoms with E-state index in [1.165, 1.54) is 23.2 Å². The van der Waals surface area contributed by atoms with Crippen molar-refractivity contribution in [1.29, 1.82) is 0 Å². The average molecular weight is 495 g/mol. The summed E-state index contributed by atoms with van der Waals surface area (Å²) in [5.41, 5.74) is 1.69. The number of nitrogens with one attached hydrogen (secondary N) is 2. The summed E-state index contributed by atoms with van der Waals surface area (Å²) in [6.07, 6.45) is -0.154. The number of likely N-dealkylation sites (tertiary alicyclic amines) is 1. The molecule has 3 heterocycles. The van der Waals surface area contributed by atoms with Gasteiger partial charge in [-0.15, -0.1) is 0 Å². The average Bonchev–Trinajstić information content (AvgIpc) is 3.26. The number of halogens is 2. The van der Waals surface area contributed by atoms with Crippen LogP contribution >= 0.6 is 0 Å². The Labute approximate surface area is 207 Å². The predicted molar refractivity (Wildman–Crippen MR) is 130 cm³/mol. The van der Waals surface area contributed by atoms with Gasteiger partial charge in [0.15, 0.2) is 0 Å². The maximum Gasteiger partial charge on any atom is 0.247 e. The van der Waals surface area contributed by atoms with Crippen LogP contribution in [-0.4, -0.2) is 45.4 Å². The molecule has 0 aliphatic carbocycles. The number of alkyl halides is 1. The van der Waals surface area contributed by atoms with Crippen molar-refractivity contribution in [2.75, 3.05) is 6.54 Å². The predicted octanol–water partition coefficient (Wildman–Crippen LogP) is 3.42. The van der Waals surface area contributed by atoms with Crippen LogP contribution in [0.25, 0.3) is 0 Å². The van der Waals surface area contributed by atoms with Gasteiger partial charge in [-0.25, -0.2) is 9.37 Å². The van der Waals surface area contributed by atoms with Gasteiger partial charge in [-0.3, -0.25) is 14.4 Å². The second-order valence-corrected chi connectivity index (χ2v) is 9.26. The lowest BCUT2D eigenvalue weighted by Gasteiger charge is -2.27. The van der Waals surface area contributed by atoms with E-state index in [1.54, 1.807) is 36.4 Å². The van der Waals surface area contributed by atoms with E-state index in [2.05, 4.69) is 15.3 Å². The Morgan fingerprint density at radius 1 is 1.14 bits per heavy atom. The molecule has 3 aromatic rings. The third kappa shape index (κ3) is 5.67. The highest BCUT2D eigenvalue weighted by Crippen LogP contribution is 2.27. The van der Waals surface area contributed by atoms with E-state index in [0.29, 0.717) is 22.4 Å². The molecular weight excluding hydrogens is 466 g/mol. The first kappa shape index (κ1) is 25.2. The lowest BCUT2D eigenvalue weighted by molar-refractivity contribution is -0.138. The molecule has 0 radical (unpaired) electrons. The van der Waals surface area contributed by atoms with Crippen LogP contribution in [0.3, 0.4) is 0 Å². The maximum atomic E-state index is 14.7. The zero-order chi connectivity index (χ0) is 25.8. The van der Waals surface area contributed by atoms with Crippen LogP contribution in [0.2, 0.25) is 0 Å². The van der Waals surface area contributed by atoms with Gasteiger partial charge in [-0.05, 0) is 23.1 Å². The van der Waals surface area contributed by atoms with Crippen LogP contribution in [0.4, 0.5) is 8.78 Å². The third-order valence-corrected chi connectivity index (χ3v) is 6.31. The standard InChI is InChI=1S/C27H28F2N4O3/c1-16(2)20-9-10-21(31-26(20)29)25(18-6-4-3-5-7-18)32-27(36)22-13-19(28)15-33(22)24(35)12-17-8-11-23(34)30-14-17/h3-11,14,16,19,22,25H,12-13,15H2,1-2H3,(H,30,34)(H,32,36)/t19-,22+,25+/m1/s1. The highest BCUT2D eigenvalue weighted by molar-refractivity contribution is 5.89. The van der Waals surface area contributed by atoms with E-state index in [-0.39, 0.29) is 30.9 Å². The maximum absolute atomic E-state index is 14.7. The van der Waals surface area contributed by atoms with Gasteiger partial charge in [0.25, 0.3) is 0 Å². The fraction of sp³-hybridized carbons (Fsp3) is 0.333. The second kappa shape index (κ2) is 10.8. The minimum Gasteiger partial charge on any atom is -0.342 e. The number of carbonyl (C=O) groups excluding carboxylic acids is 2. The van der Waals surface area contributed by atoms with Crippen molar-refractivity contribution in [3.8, 4) is 0 Å². The first-order valence-electron chi connectivity index (χ1n) is 11.9. The van der Waals surface area contributed by atoms with Gasteiger partial charge in [0, 0.05) is 24.2 Å². The zero-order valence-electron chi connectivity index (χ0n) is 20.1. The molecule has 4 rings (SSSR count). The van der Waals surface area contributed by atoms with E-state index in [0.717, 1.165) is 0 Å². The molecule has 9 heteroatoms. The Kier molecular flexibility index (Phi) is 7.57. The first-order valence-corrected chi connectivity index (χ1v) is 11.9. The molecule has 0 unspecified atom stereocenters. The Bertz CT molecular complexity index is 1280. The number of hydrogen-bond acceptors (Lipinski definition) is 4. The van der Waals surface area contributed by atoms with E-state index in [4.69, 9.17) is 0 Å². The summed E-state index contributed by atoms with van der Waals surface area (Å²) in [5, 5.41) is 2.87. The lowest BCUT2D eigenvalue weighted by atomic mass is 9.99. The van der Waals surface area contributed by atoms with Crippen molar-refractivity contribution in [2.45, 2.75) is 50.9 Å². The van der Waals surface area contributed by atoms with Gasteiger partial charge in [0.1, 0.15) is 12.2 Å². The Morgan fingerprint density at radius 3 is 2.53 bits per heavy atom. The molecule has 7 nitrogen and oxygen atoms in total. The monoisotopic (exact) mass is 494 g/mol. The number of rotatable bonds is 7. The fourth-order valence-electron chi connectivity index (χ4n) is 4.40. The number of nitrogens with zero attached hydrogens (tertiary/aromatic N) is 2. The van der Waals surface area contributed by atoms with Crippen LogP contribution in [0, 0.1) is 5.95 Å². The van der Waals surface area contributed by atoms with E-state index in [1.807, 2.05) is 19.9 Å². The molecule has 2 aromatic heterocycles. The molecule has 0 bridgehead atoms. The summed E-state index contributed by atoms with van der Waals surface area (Å²) < 4.78 is 29.1. The summed E-state index contributed by atoms with van der Waals surface area (Å²) in [6, 6.07) is 13.3. The highest BCUT2D eigenvalue weighted by atomic mass is 19.1. The second-order valence-electron chi connectivity index (χ2n) is 9.26. The van der Waals surface area contributed by atoms with Crippen LogP contribution in [0.15, 0.2) is 65.6 Å². The van der Waals surface area contributed by atoms with E-state index >= 15 is 0 Å². The number of aromatic nitrogens is 2. The summed E-state index contributed by atoms with van der Waals surface area (Å²) in [4.78, 5) is 45.5. The molecule has 1 saturated heterocycles. The molecule has 1 aromatic carbocycles. The molecule has 3 atom stereocenters. The number of benzene rings is 1. The molecule has 0 saturated carbocycles. The van der Waals surface area contributed by atoms with Crippen LogP contribution < -0.4 is 10.9 Å². The number of hydrogen-bond donors (Lipinski definition) is 2. The molecule has 1 fully saturated rings. The topological polar surface area (TPSA) is 95.2 Å². The number of H-pyrrole nitrogens is 1. The molecular formula is C27H28F2N4O3. The number of pyridine rings is 2. The van der Waals surface area contributed by atoms with Gasteiger partial charge in [0.05, 0.1) is 24.7 Å². The van der Waals surface area contributed by atoms with Crippen molar-refractivity contribution < 1.29 is 18.4 Å². The van der Waals surface area contributed by atoms with Crippen LogP contribution in [0.1, 0.15) is 54.6 Å². The minimum absolute atomic E-state index is 0.0571. The van der Waals surface area contributed by atoms with Gasteiger partial charge in [-0.2, -0.15) is 4.39 Å². The molecule has 2 N–H and O–H groups in total. The zero-order valence-corrected chi connectivity index (χ0v) is 20.1. The van der Waals surface area contributed by atoms with Crippen molar-refractivity contribution in [3.63, 3.8) is 0 Å². The molecule has 2 amide bonds. The van der Waals surface area contributed by atoms with Crippen LogP contribution in [0.5, 0.6) is 0 Å². The molecule has 1 aliphatic heterocycles. The Morgan fingerprint density at radius 2 is 1.89 bits per heavy atom. The summed E-state index contributed by atoms with van der Waals surface area (Å²) >= 11 is 0. The van der Waals surface area contributed by atoms with Gasteiger partial charge < -0.3 is 15.2 Å². The van der Waals surface area contributed by atoms with Gasteiger partial charge >= 0.3 is 0 Å². The third-order valence-electron chi connectivity index (χ3n) is 6.31. The molecule has 36 heavy (non-hydrogen) atoms. The SMILES string of the molecule is CC(C)c1ccc([C@@H](NC(=O)[C@@H]2C[C@@H](F)CN2C(=O)Cc2ccc(=O)[nH]c2)c2ccccc2)nc1F. The van der Waals surface area contributed by atoms with Crippen molar-refractivity contribution in [3.05, 3.63) is 99.5 Å². The summed E-state index contributed by atoms with van der Waals surface area (Å²) in [5.74, 6) is -1.64. The molecule has 0 spiro atoms. The molecule has 188 valence electrons. The Hall–Kier alpha value is -3.88. The van der Waals surface area contributed by atoms with Crippen molar-refractivity contribution in [1.82, 2.24) is 20.2 Å². The summed E-state index contributed by atoms with van der Waals surface area (Å²) in [7, 11) is 0. The minimum atomic E-state index is -1.35. The van der Waals surface area contributed by atoms with Gasteiger partial charge in [-0.1, -0.05) is 56.3 Å². The first-order chi connectivity index (χ1) is 17.2. The van der Waals surface area contributed by atoms with Crippen molar-refractivity contribution in [2.24, 2.45) is 0 Å². The number of carbonyl (C=O) groups is 2. The smallest absolute Gasteiger partial charge is 0.247 e. The fourth-order valence-corrected chi connectivity index (χ4v) is 4.40. The van der Waals surface area contributed by atoms with Crippen LogP contribution in [-0.2, 0) is 16.0 Å². The van der Waals surface area contributed by atoms with E-state index in [9.17, 15) is 23.2 Å². The van der Waals surface area contributed by atoms with E-state index < -0.39 is 36.0 Å². The van der Waals surface area contributed by atoms with Crippen molar-refractivity contribution >= 4 is 11.8 Å². The Balaban J connectivity index is 1.58. The van der Waals surface area contributed by atoms with Gasteiger partial charge in [0.2, 0.25) is 23.3 Å². The summed E-state index contributed by atoms with van der Waals surface area (Å²) in [6.45, 7) is 3.52. The lowest BCUT2D eigenvalue weighted by Crippen LogP contribution is -2.47. The highest BCUT2D eigenvalue weighted by Gasteiger charge is 2.40. The molecule has 1 aliphatic rings.